The van der Waals surface area contributed by atoms with Crippen LogP contribution in [0.5, 0.6) is 5.75 Å². The molecule has 0 aromatic heterocycles. The quantitative estimate of drug-likeness (QED) is 0.927. The highest BCUT2D eigenvalue weighted by atomic mass is 79.9. The van der Waals surface area contributed by atoms with E-state index in [1.807, 2.05) is 30.1 Å². The first-order valence-corrected chi connectivity index (χ1v) is 6.13. The Morgan fingerprint density at radius 3 is 2.76 bits per heavy atom. The second kappa shape index (κ2) is 4.56. The van der Waals surface area contributed by atoms with Gasteiger partial charge < -0.3 is 14.7 Å². The monoisotopic (exact) mass is 299 g/mol. The van der Waals surface area contributed by atoms with Crippen LogP contribution in [0.2, 0.25) is 0 Å². The first kappa shape index (κ1) is 12.2. The van der Waals surface area contributed by atoms with Crippen LogP contribution < -0.4 is 9.64 Å². The van der Waals surface area contributed by atoms with Crippen molar-refractivity contribution in [1.82, 2.24) is 0 Å². The average Bonchev–Trinajstić information content (AvgIpc) is 3.08. The number of rotatable bonds is 4. The molecule has 2 rings (SSSR count). The zero-order valence-electron chi connectivity index (χ0n) is 9.68. The number of carbonyl (C=O) groups is 1. The van der Waals surface area contributed by atoms with E-state index in [0.29, 0.717) is 0 Å². The molecule has 1 aromatic rings. The van der Waals surface area contributed by atoms with Gasteiger partial charge in [0.05, 0.1) is 17.5 Å². The number of carboxylic acid groups (broad SMARTS) is 1. The summed E-state index contributed by atoms with van der Waals surface area (Å²) in [4.78, 5) is 12.8. The maximum absolute atomic E-state index is 10.8. The molecule has 0 aliphatic heterocycles. The van der Waals surface area contributed by atoms with Gasteiger partial charge in [-0.15, -0.1) is 0 Å². The van der Waals surface area contributed by atoms with Crippen LogP contribution in [0.4, 0.5) is 5.69 Å². The van der Waals surface area contributed by atoms with Crippen molar-refractivity contribution in [3.05, 3.63) is 22.7 Å². The van der Waals surface area contributed by atoms with Crippen LogP contribution in [-0.4, -0.2) is 31.3 Å². The predicted octanol–water partition coefficient (Wildman–Crippen LogP) is 2.37. The summed E-state index contributed by atoms with van der Waals surface area (Å²) in [5.74, 6) is -0.178. The third kappa shape index (κ3) is 2.39. The van der Waals surface area contributed by atoms with Gasteiger partial charge >= 0.3 is 5.97 Å². The highest BCUT2D eigenvalue weighted by molar-refractivity contribution is 9.10. The Morgan fingerprint density at radius 1 is 1.59 bits per heavy atom. The van der Waals surface area contributed by atoms with Gasteiger partial charge in [0, 0.05) is 18.8 Å². The van der Waals surface area contributed by atoms with Crippen LogP contribution in [0.1, 0.15) is 6.42 Å². The van der Waals surface area contributed by atoms with Crippen molar-refractivity contribution in [1.29, 1.82) is 0 Å². The Labute approximate surface area is 108 Å². The summed E-state index contributed by atoms with van der Waals surface area (Å²) in [6.07, 6.45) is 0.718. The van der Waals surface area contributed by atoms with Gasteiger partial charge in [-0.05, 0) is 40.5 Å². The summed E-state index contributed by atoms with van der Waals surface area (Å²) in [5, 5.41) is 8.90. The number of carboxylic acids is 1. The van der Waals surface area contributed by atoms with Crippen LogP contribution in [0.3, 0.4) is 0 Å². The Morgan fingerprint density at radius 2 is 2.29 bits per heavy atom. The van der Waals surface area contributed by atoms with Gasteiger partial charge in [-0.1, -0.05) is 0 Å². The standard InChI is InChI=1S/C12H14BrNO3/c1-14(10-6-8(10)12(15)16)7-3-4-11(17-2)9(13)5-7/h3-5,8,10H,6H2,1-2H3,(H,15,16). The predicted molar refractivity (Wildman–Crippen MR) is 68.6 cm³/mol. The topological polar surface area (TPSA) is 49.8 Å². The molecule has 5 heteroatoms. The molecule has 0 radical (unpaired) electrons. The van der Waals surface area contributed by atoms with Crippen molar-refractivity contribution >= 4 is 27.6 Å². The van der Waals surface area contributed by atoms with Crippen LogP contribution >= 0.6 is 15.9 Å². The molecule has 1 fully saturated rings. The van der Waals surface area contributed by atoms with E-state index in [1.54, 1.807) is 7.11 Å². The number of anilines is 1. The summed E-state index contributed by atoms with van der Waals surface area (Å²) in [6, 6.07) is 5.85. The second-order valence-electron chi connectivity index (χ2n) is 4.18. The Kier molecular flexibility index (Phi) is 3.28. The molecule has 1 aromatic carbocycles. The Balaban J connectivity index is 2.13. The fraction of sp³-hybridized carbons (Fsp3) is 0.417. The number of methoxy groups -OCH3 is 1. The number of nitrogens with zero attached hydrogens (tertiary/aromatic N) is 1. The first-order valence-electron chi connectivity index (χ1n) is 5.33. The first-order chi connectivity index (χ1) is 8.04. The van der Waals surface area contributed by atoms with Crippen molar-refractivity contribution < 1.29 is 14.6 Å². The van der Waals surface area contributed by atoms with Crippen molar-refractivity contribution in [2.75, 3.05) is 19.1 Å². The molecule has 2 unspecified atom stereocenters. The fourth-order valence-electron chi connectivity index (χ4n) is 1.94. The number of hydrogen-bond acceptors (Lipinski definition) is 3. The van der Waals surface area contributed by atoms with E-state index in [9.17, 15) is 4.79 Å². The van der Waals surface area contributed by atoms with Gasteiger partial charge in [0.25, 0.3) is 0 Å². The van der Waals surface area contributed by atoms with Crippen LogP contribution in [0.15, 0.2) is 22.7 Å². The highest BCUT2D eigenvalue weighted by Gasteiger charge is 2.46. The van der Waals surface area contributed by atoms with Gasteiger partial charge in [-0.3, -0.25) is 4.79 Å². The maximum atomic E-state index is 10.8. The Bertz CT molecular complexity index is 449. The third-order valence-corrected chi connectivity index (χ3v) is 3.73. The number of hydrogen-bond donors (Lipinski definition) is 1. The van der Waals surface area contributed by atoms with Crippen molar-refractivity contribution in [3.8, 4) is 5.75 Å². The zero-order chi connectivity index (χ0) is 12.6. The molecule has 2 atom stereocenters. The molecule has 1 aliphatic carbocycles. The lowest BCUT2D eigenvalue weighted by Gasteiger charge is -2.20. The van der Waals surface area contributed by atoms with Gasteiger partial charge in [-0.2, -0.15) is 0 Å². The lowest BCUT2D eigenvalue weighted by atomic mass is 10.2. The van der Waals surface area contributed by atoms with E-state index in [2.05, 4.69) is 15.9 Å². The number of aliphatic carboxylic acids is 1. The summed E-state index contributed by atoms with van der Waals surface area (Å²) in [6.45, 7) is 0. The fourth-order valence-corrected chi connectivity index (χ4v) is 2.47. The van der Waals surface area contributed by atoms with E-state index >= 15 is 0 Å². The summed E-state index contributed by atoms with van der Waals surface area (Å²) in [5.41, 5.74) is 0.992. The highest BCUT2D eigenvalue weighted by Crippen LogP contribution is 2.39. The van der Waals surface area contributed by atoms with E-state index in [4.69, 9.17) is 9.84 Å². The molecular weight excluding hydrogens is 286 g/mol. The minimum Gasteiger partial charge on any atom is -0.496 e. The van der Waals surface area contributed by atoms with Crippen molar-refractivity contribution in [2.45, 2.75) is 12.5 Å². The second-order valence-corrected chi connectivity index (χ2v) is 5.03. The summed E-state index contributed by atoms with van der Waals surface area (Å²) >= 11 is 3.42. The van der Waals surface area contributed by atoms with E-state index in [1.165, 1.54) is 0 Å². The molecular formula is C12H14BrNO3. The lowest BCUT2D eigenvalue weighted by Crippen LogP contribution is -2.23. The molecule has 4 nitrogen and oxygen atoms in total. The smallest absolute Gasteiger partial charge is 0.308 e. The average molecular weight is 300 g/mol. The molecule has 0 saturated heterocycles. The third-order valence-electron chi connectivity index (χ3n) is 3.11. The normalized spacial score (nSPS) is 22.1. The van der Waals surface area contributed by atoms with Crippen LogP contribution in [0.25, 0.3) is 0 Å². The van der Waals surface area contributed by atoms with Crippen molar-refractivity contribution in [3.63, 3.8) is 0 Å². The minimum absolute atomic E-state index is 0.104. The summed E-state index contributed by atoms with van der Waals surface area (Å²) in [7, 11) is 3.53. The van der Waals surface area contributed by atoms with Gasteiger partial charge in [0.15, 0.2) is 0 Å². The minimum atomic E-state index is -0.713. The van der Waals surface area contributed by atoms with Crippen LogP contribution in [0, 0.1) is 5.92 Å². The van der Waals surface area contributed by atoms with E-state index in [0.717, 1.165) is 22.3 Å². The molecule has 0 heterocycles. The van der Waals surface area contributed by atoms with Gasteiger partial charge in [0.2, 0.25) is 0 Å². The van der Waals surface area contributed by atoms with Crippen molar-refractivity contribution in [2.24, 2.45) is 5.92 Å². The zero-order valence-corrected chi connectivity index (χ0v) is 11.3. The van der Waals surface area contributed by atoms with E-state index in [-0.39, 0.29) is 12.0 Å². The number of benzene rings is 1. The van der Waals surface area contributed by atoms with Crippen LogP contribution in [-0.2, 0) is 4.79 Å². The molecule has 1 aliphatic rings. The SMILES string of the molecule is COc1ccc(N(C)C2CC2C(=O)O)cc1Br. The summed E-state index contributed by atoms with van der Waals surface area (Å²) < 4.78 is 6.03. The molecule has 1 N–H and O–H groups in total. The van der Waals surface area contributed by atoms with Gasteiger partial charge in [-0.25, -0.2) is 0 Å². The molecule has 92 valence electrons. The molecule has 0 bridgehead atoms. The molecule has 0 amide bonds. The largest absolute Gasteiger partial charge is 0.496 e. The number of ether oxygens (including phenoxy) is 1. The van der Waals surface area contributed by atoms with Gasteiger partial charge in [0.1, 0.15) is 5.75 Å². The number of halogens is 1. The van der Waals surface area contributed by atoms with E-state index < -0.39 is 5.97 Å². The maximum Gasteiger partial charge on any atom is 0.308 e. The molecule has 0 spiro atoms. The molecule has 17 heavy (non-hydrogen) atoms. The Hall–Kier alpha value is -1.23. The lowest BCUT2D eigenvalue weighted by molar-refractivity contribution is -0.138. The molecule has 1 saturated carbocycles.